The molecule has 8 nitrogen and oxygen atoms in total. The molecule has 2 amide bonds. The van der Waals surface area contributed by atoms with Crippen LogP contribution in [0.3, 0.4) is 0 Å². The number of rotatable bonds is 4. The average molecular weight is 445 g/mol. The van der Waals surface area contributed by atoms with Gasteiger partial charge in [0.25, 0.3) is 11.8 Å². The molecule has 0 saturated heterocycles. The Balaban J connectivity index is 1.72. The Labute approximate surface area is 181 Å². The molecular formula is C22H21F2N3O5. The van der Waals surface area contributed by atoms with E-state index in [0.29, 0.717) is 6.07 Å². The van der Waals surface area contributed by atoms with E-state index >= 15 is 0 Å². The van der Waals surface area contributed by atoms with Gasteiger partial charge >= 0.3 is 0 Å². The maximum Gasteiger partial charge on any atom is 0.275 e. The zero-order valence-corrected chi connectivity index (χ0v) is 17.3. The number of amides is 2. The van der Waals surface area contributed by atoms with Crippen molar-refractivity contribution in [2.75, 3.05) is 13.7 Å². The lowest BCUT2D eigenvalue weighted by atomic mass is 10.0. The molecule has 168 valence electrons. The largest absolute Gasteiger partial charge is 0.503 e. The zero-order chi connectivity index (χ0) is 23.2. The Bertz CT molecular complexity index is 1190. The number of halogens is 2. The predicted octanol–water partition coefficient (Wildman–Crippen LogP) is 1.73. The van der Waals surface area contributed by atoms with Crippen molar-refractivity contribution < 1.29 is 28.2 Å². The molecule has 4 rings (SSSR count). The van der Waals surface area contributed by atoms with Crippen molar-refractivity contribution in [2.45, 2.75) is 31.7 Å². The highest BCUT2D eigenvalue weighted by atomic mass is 19.1. The van der Waals surface area contributed by atoms with E-state index in [4.69, 9.17) is 4.74 Å². The number of aromatic nitrogens is 1. The summed E-state index contributed by atoms with van der Waals surface area (Å²) < 4.78 is 33.8. The Morgan fingerprint density at radius 1 is 1.28 bits per heavy atom. The van der Waals surface area contributed by atoms with E-state index in [0.717, 1.165) is 6.07 Å². The van der Waals surface area contributed by atoms with Crippen LogP contribution >= 0.6 is 0 Å². The minimum Gasteiger partial charge on any atom is -0.503 e. The third kappa shape index (κ3) is 3.56. The summed E-state index contributed by atoms with van der Waals surface area (Å²) in [5.74, 6) is -3.85. The van der Waals surface area contributed by atoms with Gasteiger partial charge in [-0.3, -0.25) is 14.4 Å². The van der Waals surface area contributed by atoms with E-state index in [2.05, 4.69) is 5.32 Å². The minimum absolute atomic E-state index is 0.0233. The highest BCUT2D eigenvalue weighted by Gasteiger charge is 2.41. The van der Waals surface area contributed by atoms with Crippen molar-refractivity contribution in [1.29, 1.82) is 0 Å². The van der Waals surface area contributed by atoms with Gasteiger partial charge in [0, 0.05) is 44.1 Å². The van der Waals surface area contributed by atoms with Crippen LogP contribution in [0.1, 0.15) is 39.4 Å². The summed E-state index contributed by atoms with van der Waals surface area (Å²) in [6.07, 6.45) is 4.34. The first-order valence-corrected chi connectivity index (χ1v) is 9.95. The second-order valence-corrected chi connectivity index (χ2v) is 7.75. The lowest BCUT2D eigenvalue weighted by Gasteiger charge is -2.38. The predicted molar refractivity (Wildman–Crippen MR) is 109 cm³/mol. The van der Waals surface area contributed by atoms with Gasteiger partial charge in [-0.1, -0.05) is 18.2 Å². The number of pyridine rings is 1. The molecule has 2 N–H and O–H groups in total. The maximum absolute atomic E-state index is 13.8. The molecule has 2 aliphatic heterocycles. The Kier molecular flexibility index (Phi) is 5.55. The van der Waals surface area contributed by atoms with E-state index in [9.17, 15) is 28.3 Å². The van der Waals surface area contributed by atoms with Gasteiger partial charge in [0.15, 0.2) is 11.4 Å². The first kappa shape index (κ1) is 21.7. The van der Waals surface area contributed by atoms with E-state index in [-0.39, 0.29) is 30.4 Å². The van der Waals surface area contributed by atoms with Crippen molar-refractivity contribution in [3.63, 3.8) is 0 Å². The van der Waals surface area contributed by atoms with Crippen LogP contribution in [0.4, 0.5) is 8.78 Å². The number of nitrogens with zero attached hydrogens (tertiary/aromatic N) is 2. The molecule has 2 aromatic rings. The van der Waals surface area contributed by atoms with E-state index in [1.54, 1.807) is 12.2 Å². The highest BCUT2D eigenvalue weighted by molar-refractivity contribution is 5.99. The SMILES string of the molecule is CO[C@H]1C=C[C@H](C)N2C[C@H]1n1cc(C(=O)NCc3ccc(F)cc3F)c(=O)c(O)c1C2=O. The number of hydrogen-bond acceptors (Lipinski definition) is 5. The van der Waals surface area contributed by atoms with Crippen molar-refractivity contribution >= 4 is 11.8 Å². The number of aromatic hydroxyl groups is 1. The first-order valence-electron chi connectivity index (χ1n) is 9.95. The van der Waals surface area contributed by atoms with E-state index < -0.39 is 52.3 Å². The van der Waals surface area contributed by atoms with Crippen LogP contribution in [-0.2, 0) is 11.3 Å². The minimum atomic E-state index is -1.02. The number of carbonyl (C=O) groups excluding carboxylic acids is 2. The summed E-state index contributed by atoms with van der Waals surface area (Å²) in [4.78, 5) is 39.9. The quantitative estimate of drug-likeness (QED) is 0.699. The Hall–Kier alpha value is -3.53. The van der Waals surface area contributed by atoms with Gasteiger partial charge in [0.05, 0.1) is 12.1 Å². The number of benzene rings is 1. The number of methoxy groups -OCH3 is 1. The van der Waals surface area contributed by atoms with Gasteiger partial charge in [0.2, 0.25) is 5.43 Å². The molecule has 1 aromatic heterocycles. The summed E-state index contributed by atoms with van der Waals surface area (Å²) >= 11 is 0. The van der Waals surface area contributed by atoms with Gasteiger partial charge < -0.3 is 24.6 Å². The fraction of sp³-hybridized carbons (Fsp3) is 0.318. The van der Waals surface area contributed by atoms with E-state index in [1.807, 2.05) is 6.92 Å². The molecule has 32 heavy (non-hydrogen) atoms. The van der Waals surface area contributed by atoms with Gasteiger partial charge in [0.1, 0.15) is 17.2 Å². The number of carbonyl (C=O) groups is 2. The Morgan fingerprint density at radius 3 is 2.72 bits per heavy atom. The summed E-state index contributed by atoms with van der Waals surface area (Å²) in [5, 5.41) is 13.0. The van der Waals surface area contributed by atoms with Crippen LogP contribution in [0.15, 0.2) is 41.3 Å². The summed E-state index contributed by atoms with van der Waals surface area (Å²) in [6, 6.07) is 2.15. The lowest BCUT2D eigenvalue weighted by molar-refractivity contribution is 0.0435. The molecule has 10 heteroatoms. The van der Waals surface area contributed by atoms with Gasteiger partial charge in [-0.2, -0.15) is 0 Å². The van der Waals surface area contributed by atoms with Gasteiger partial charge in [-0.25, -0.2) is 8.78 Å². The van der Waals surface area contributed by atoms with Crippen molar-refractivity contribution in [3.8, 4) is 5.75 Å². The monoisotopic (exact) mass is 445 g/mol. The molecule has 1 aromatic carbocycles. The summed E-state index contributed by atoms with van der Waals surface area (Å²) in [5.41, 5.74) is -1.62. The number of nitrogens with one attached hydrogen (secondary N) is 1. The molecule has 2 bridgehead atoms. The van der Waals surface area contributed by atoms with Gasteiger partial charge in [-0.05, 0) is 13.0 Å². The molecule has 0 saturated carbocycles. The van der Waals surface area contributed by atoms with Crippen LogP contribution in [-0.4, -0.2) is 52.2 Å². The third-order valence-electron chi connectivity index (χ3n) is 5.84. The maximum atomic E-state index is 13.8. The average Bonchev–Trinajstić information content (AvgIpc) is 2.90. The van der Waals surface area contributed by atoms with Crippen LogP contribution < -0.4 is 10.7 Å². The number of fused-ring (bicyclic) bond motifs is 4. The topological polar surface area (TPSA) is 101 Å². The van der Waals surface area contributed by atoms with Crippen LogP contribution in [0.25, 0.3) is 0 Å². The highest BCUT2D eigenvalue weighted by Crippen LogP contribution is 2.33. The van der Waals surface area contributed by atoms with Crippen molar-refractivity contribution in [1.82, 2.24) is 14.8 Å². The third-order valence-corrected chi connectivity index (χ3v) is 5.84. The second kappa shape index (κ2) is 8.19. The molecule has 0 aliphatic carbocycles. The molecule has 0 unspecified atom stereocenters. The lowest BCUT2D eigenvalue weighted by Crippen LogP contribution is -2.49. The molecule has 2 aliphatic rings. The van der Waals surface area contributed by atoms with Crippen LogP contribution in [0.2, 0.25) is 0 Å². The second-order valence-electron chi connectivity index (χ2n) is 7.75. The van der Waals surface area contributed by atoms with Crippen LogP contribution in [0, 0.1) is 11.6 Å². The molecule has 0 spiro atoms. The molecule has 3 atom stereocenters. The zero-order valence-electron chi connectivity index (χ0n) is 17.3. The normalized spacial score (nSPS) is 21.8. The summed E-state index contributed by atoms with van der Waals surface area (Å²) in [7, 11) is 1.50. The summed E-state index contributed by atoms with van der Waals surface area (Å²) in [6.45, 7) is 1.76. The van der Waals surface area contributed by atoms with E-state index in [1.165, 1.54) is 28.8 Å². The smallest absolute Gasteiger partial charge is 0.275 e. The van der Waals surface area contributed by atoms with Crippen LogP contribution in [0.5, 0.6) is 5.75 Å². The molecule has 0 radical (unpaired) electrons. The van der Waals surface area contributed by atoms with Gasteiger partial charge in [-0.15, -0.1) is 0 Å². The molecule has 0 fully saturated rings. The number of hydrogen-bond donors (Lipinski definition) is 2. The molecule has 3 heterocycles. The standard InChI is InChI=1S/C22H21F2N3O5/c1-11-3-6-17(32-2)16-10-26(11)22(31)18-20(29)19(28)14(9-27(16)18)21(30)25-8-12-4-5-13(23)7-15(12)24/h3-7,9,11,16-17,29H,8,10H2,1-2H3,(H,25,30)/t11-,16+,17-/m0/s1. The van der Waals surface area contributed by atoms with Crippen molar-refractivity contribution in [2.24, 2.45) is 0 Å². The molecular weight excluding hydrogens is 424 g/mol. The first-order chi connectivity index (χ1) is 15.2. The fourth-order valence-electron chi connectivity index (χ4n) is 4.05. The van der Waals surface area contributed by atoms with Crippen molar-refractivity contribution in [3.05, 3.63) is 75.2 Å². The number of ether oxygens (including phenoxy) is 1. The fourth-order valence-corrected chi connectivity index (χ4v) is 4.05. The Morgan fingerprint density at radius 2 is 2.03 bits per heavy atom.